The van der Waals surface area contributed by atoms with Crippen LogP contribution in [0.3, 0.4) is 0 Å². The quantitative estimate of drug-likeness (QED) is 0.761. The van der Waals surface area contributed by atoms with Crippen LogP contribution in [0.2, 0.25) is 0 Å². The first-order chi connectivity index (χ1) is 9.86. The summed E-state index contributed by atoms with van der Waals surface area (Å²) in [6.07, 6.45) is 2.19. The maximum absolute atomic E-state index is 12.3. The van der Waals surface area contributed by atoms with Crippen LogP contribution in [0.15, 0.2) is 24.3 Å². The Labute approximate surface area is 132 Å². The van der Waals surface area contributed by atoms with Crippen molar-refractivity contribution in [3.8, 4) is 0 Å². The Hall–Kier alpha value is -1.46. The molecule has 0 aromatic heterocycles. The van der Waals surface area contributed by atoms with Crippen molar-refractivity contribution in [3.63, 3.8) is 0 Å². The van der Waals surface area contributed by atoms with Crippen LogP contribution >= 0.6 is 12.2 Å². The topological polar surface area (TPSA) is 58.4 Å². The van der Waals surface area contributed by atoms with Gasteiger partial charge in [-0.25, -0.2) is 0 Å². The molecule has 1 aromatic rings. The number of hydrogen-bond donors (Lipinski definition) is 2. The van der Waals surface area contributed by atoms with Crippen molar-refractivity contribution in [1.82, 2.24) is 4.90 Å². The SMILES string of the molecule is CCCC(C)N(C)C(C)C(=O)Nc1ccc(C(N)=S)cc1. The van der Waals surface area contributed by atoms with Crippen molar-refractivity contribution in [3.05, 3.63) is 29.8 Å². The molecule has 2 unspecified atom stereocenters. The Balaban J connectivity index is 2.65. The maximum Gasteiger partial charge on any atom is 0.241 e. The van der Waals surface area contributed by atoms with Gasteiger partial charge in [0.15, 0.2) is 0 Å². The molecule has 21 heavy (non-hydrogen) atoms. The number of nitrogens with two attached hydrogens (primary N) is 1. The first kappa shape index (κ1) is 17.6. The number of nitrogens with zero attached hydrogens (tertiary/aromatic N) is 1. The molecule has 0 radical (unpaired) electrons. The van der Waals surface area contributed by atoms with Gasteiger partial charge < -0.3 is 11.1 Å². The predicted molar refractivity (Wildman–Crippen MR) is 92.6 cm³/mol. The summed E-state index contributed by atoms with van der Waals surface area (Å²) in [5.74, 6) is -0.0106. The smallest absolute Gasteiger partial charge is 0.241 e. The van der Waals surface area contributed by atoms with E-state index < -0.39 is 0 Å². The van der Waals surface area contributed by atoms with Gasteiger partial charge in [-0.05, 0) is 51.6 Å². The number of anilines is 1. The first-order valence-corrected chi connectivity index (χ1v) is 7.70. The zero-order valence-corrected chi connectivity index (χ0v) is 14.0. The van der Waals surface area contributed by atoms with Crippen LogP contribution in [-0.2, 0) is 4.79 Å². The molecule has 1 amide bonds. The van der Waals surface area contributed by atoms with E-state index in [1.54, 1.807) is 0 Å². The van der Waals surface area contributed by atoms with Crippen LogP contribution in [0.5, 0.6) is 0 Å². The molecule has 0 heterocycles. The highest BCUT2D eigenvalue weighted by Crippen LogP contribution is 2.13. The van der Waals surface area contributed by atoms with Gasteiger partial charge in [-0.3, -0.25) is 9.69 Å². The van der Waals surface area contributed by atoms with Crippen molar-refractivity contribution in [2.24, 2.45) is 5.73 Å². The second kappa shape index (κ2) is 8.10. The molecule has 3 N–H and O–H groups in total. The second-order valence-electron chi connectivity index (χ2n) is 5.41. The highest BCUT2D eigenvalue weighted by Gasteiger charge is 2.21. The van der Waals surface area contributed by atoms with Gasteiger partial charge in [-0.1, -0.05) is 25.6 Å². The zero-order chi connectivity index (χ0) is 16.0. The van der Waals surface area contributed by atoms with E-state index in [4.69, 9.17) is 18.0 Å². The lowest BCUT2D eigenvalue weighted by molar-refractivity contribution is -0.121. The van der Waals surface area contributed by atoms with E-state index in [9.17, 15) is 4.79 Å². The molecule has 1 aromatic carbocycles. The number of amides is 1. The molecular formula is C16H25N3OS. The molecule has 1 rings (SSSR count). The Kier molecular flexibility index (Phi) is 6.78. The number of hydrogen-bond acceptors (Lipinski definition) is 3. The molecule has 0 saturated carbocycles. The number of carbonyl (C=O) groups excluding carboxylic acids is 1. The van der Waals surface area contributed by atoms with E-state index in [2.05, 4.69) is 24.1 Å². The average molecular weight is 307 g/mol. The summed E-state index contributed by atoms with van der Waals surface area (Å²) in [6.45, 7) is 6.22. The third kappa shape index (κ3) is 5.10. The predicted octanol–water partition coefficient (Wildman–Crippen LogP) is 2.77. The van der Waals surface area contributed by atoms with Gasteiger partial charge in [-0.15, -0.1) is 0 Å². The minimum Gasteiger partial charge on any atom is -0.389 e. The molecule has 5 heteroatoms. The van der Waals surface area contributed by atoms with Gasteiger partial charge in [0.2, 0.25) is 5.91 Å². The largest absolute Gasteiger partial charge is 0.389 e. The van der Waals surface area contributed by atoms with Crippen LogP contribution in [0, 0.1) is 0 Å². The van der Waals surface area contributed by atoms with Crippen LogP contribution in [0.1, 0.15) is 39.2 Å². The normalized spacial score (nSPS) is 13.8. The monoisotopic (exact) mass is 307 g/mol. The summed E-state index contributed by atoms with van der Waals surface area (Å²) in [5, 5.41) is 2.92. The molecule has 0 spiro atoms. The fraction of sp³-hybridized carbons (Fsp3) is 0.500. The van der Waals surface area contributed by atoms with Gasteiger partial charge >= 0.3 is 0 Å². The second-order valence-corrected chi connectivity index (χ2v) is 5.85. The third-order valence-electron chi connectivity index (χ3n) is 3.83. The molecule has 0 aliphatic carbocycles. The molecule has 0 aliphatic heterocycles. The lowest BCUT2D eigenvalue weighted by Crippen LogP contribution is -2.44. The molecular weight excluding hydrogens is 282 g/mol. The highest BCUT2D eigenvalue weighted by molar-refractivity contribution is 7.80. The molecule has 0 saturated heterocycles. The maximum atomic E-state index is 12.3. The fourth-order valence-electron chi connectivity index (χ4n) is 2.15. The summed E-state index contributed by atoms with van der Waals surface area (Å²) in [5.41, 5.74) is 7.10. The summed E-state index contributed by atoms with van der Waals surface area (Å²) in [7, 11) is 1.99. The minimum atomic E-state index is -0.179. The molecule has 0 bridgehead atoms. The van der Waals surface area contributed by atoms with E-state index in [1.165, 1.54) is 0 Å². The van der Waals surface area contributed by atoms with Gasteiger partial charge in [0, 0.05) is 17.3 Å². The van der Waals surface area contributed by atoms with Crippen molar-refractivity contribution < 1.29 is 4.79 Å². The van der Waals surface area contributed by atoms with Gasteiger partial charge in [0.25, 0.3) is 0 Å². The lowest BCUT2D eigenvalue weighted by Gasteiger charge is -2.29. The summed E-state index contributed by atoms with van der Waals surface area (Å²) >= 11 is 4.91. The van der Waals surface area contributed by atoms with Gasteiger partial charge in [-0.2, -0.15) is 0 Å². The van der Waals surface area contributed by atoms with Crippen LogP contribution in [0.25, 0.3) is 0 Å². The Morgan fingerprint density at radius 3 is 2.38 bits per heavy atom. The summed E-state index contributed by atoms with van der Waals surface area (Å²) < 4.78 is 0. The van der Waals surface area contributed by atoms with E-state index in [0.717, 1.165) is 24.1 Å². The number of nitrogens with one attached hydrogen (secondary N) is 1. The minimum absolute atomic E-state index is 0.0106. The van der Waals surface area contributed by atoms with Gasteiger partial charge in [0.05, 0.1) is 6.04 Å². The molecule has 2 atom stereocenters. The number of carbonyl (C=O) groups is 1. The number of rotatable bonds is 7. The molecule has 0 aliphatic rings. The van der Waals surface area contributed by atoms with E-state index in [0.29, 0.717) is 11.0 Å². The number of benzene rings is 1. The van der Waals surface area contributed by atoms with Gasteiger partial charge in [0.1, 0.15) is 4.99 Å². The third-order valence-corrected chi connectivity index (χ3v) is 4.06. The summed E-state index contributed by atoms with van der Waals surface area (Å²) in [6, 6.07) is 7.45. The van der Waals surface area contributed by atoms with Crippen LogP contribution in [0.4, 0.5) is 5.69 Å². The van der Waals surface area contributed by atoms with E-state index in [-0.39, 0.29) is 11.9 Å². The molecule has 4 nitrogen and oxygen atoms in total. The fourth-order valence-corrected chi connectivity index (χ4v) is 2.29. The van der Waals surface area contributed by atoms with Crippen molar-refractivity contribution in [2.75, 3.05) is 12.4 Å². The van der Waals surface area contributed by atoms with Crippen molar-refractivity contribution >= 4 is 28.8 Å². The average Bonchev–Trinajstić information content (AvgIpc) is 2.46. The highest BCUT2D eigenvalue weighted by atomic mass is 32.1. The first-order valence-electron chi connectivity index (χ1n) is 7.29. The van der Waals surface area contributed by atoms with Crippen molar-refractivity contribution in [1.29, 1.82) is 0 Å². The lowest BCUT2D eigenvalue weighted by atomic mass is 10.1. The molecule has 0 fully saturated rings. The van der Waals surface area contributed by atoms with Crippen LogP contribution in [-0.4, -0.2) is 34.9 Å². The standard InChI is InChI=1S/C16H25N3OS/c1-5-6-11(2)19(4)12(3)16(20)18-14-9-7-13(8-10-14)15(17)21/h7-12H,5-6H2,1-4H3,(H2,17,21)(H,18,20). The van der Waals surface area contributed by atoms with Crippen molar-refractivity contribution in [2.45, 2.75) is 45.7 Å². The number of thiocarbonyl (C=S) groups is 1. The zero-order valence-electron chi connectivity index (χ0n) is 13.2. The Morgan fingerprint density at radius 1 is 1.33 bits per heavy atom. The van der Waals surface area contributed by atoms with Crippen LogP contribution < -0.4 is 11.1 Å². The Bertz CT molecular complexity index is 487. The summed E-state index contributed by atoms with van der Waals surface area (Å²) in [4.78, 5) is 14.7. The van der Waals surface area contributed by atoms with E-state index in [1.807, 2.05) is 38.2 Å². The Morgan fingerprint density at radius 2 is 1.90 bits per heavy atom. The van der Waals surface area contributed by atoms with E-state index >= 15 is 0 Å². The number of likely N-dealkylation sites (N-methyl/N-ethyl adjacent to an activating group) is 1. The molecule has 116 valence electrons.